The number of benzene rings is 2. The molecule has 0 saturated carbocycles. The van der Waals surface area contributed by atoms with Gasteiger partial charge in [-0.2, -0.15) is 8.42 Å². The van der Waals surface area contributed by atoms with Crippen LogP contribution in [-0.2, 0) is 28.2 Å². The van der Waals surface area contributed by atoms with Gasteiger partial charge in [0.15, 0.2) is 0 Å². The Hall–Kier alpha value is -3.01. The average molecular weight is 779 g/mol. The summed E-state index contributed by atoms with van der Waals surface area (Å²) in [6.07, 6.45) is 0.941. The highest BCUT2D eigenvalue weighted by molar-refractivity contribution is 7.86. The minimum Gasteiger partial charge on any atom is -0.444 e. The Balaban J connectivity index is 0.000000395. The van der Waals surface area contributed by atoms with E-state index in [-0.39, 0.29) is 24.3 Å². The van der Waals surface area contributed by atoms with E-state index in [1.807, 2.05) is 57.2 Å². The van der Waals surface area contributed by atoms with Gasteiger partial charge in [0.25, 0.3) is 18.4 Å². The smallest absolute Gasteiger partial charge is 0.410 e. The molecule has 298 valence electrons. The number of amides is 2. The van der Waals surface area contributed by atoms with Crippen molar-refractivity contribution in [1.82, 2.24) is 9.80 Å². The molecule has 14 heteroatoms. The molecule has 2 saturated heterocycles. The monoisotopic (exact) mass is 778 g/mol. The molecular formula is C39H62N2O10SSi. The fraction of sp³-hybridized carbons (Fsp3) is 0.641. The van der Waals surface area contributed by atoms with E-state index < -0.39 is 60.1 Å². The molecule has 2 amide bonds. The maximum atomic E-state index is 13.2. The van der Waals surface area contributed by atoms with Gasteiger partial charge in [-0.3, -0.25) is 4.18 Å². The first-order valence-corrected chi connectivity index (χ1v) is 22.1. The summed E-state index contributed by atoms with van der Waals surface area (Å²) in [6.45, 7) is 18.3. The second-order valence-electron chi connectivity index (χ2n) is 16.9. The lowest BCUT2D eigenvalue weighted by atomic mass is 10.0. The van der Waals surface area contributed by atoms with E-state index in [1.54, 1.807) is 25.7 Å². The van der Waals surface area contributed by atoms with Gasteiger partial charge >= 0.3 is 12.2 Å². The van der Waals surface area contributed by atoms with Gasteiger partial charge in [0.1, 0.15) is 11.2 Å². The number of ether oxygens (including phenoxy) is 2. The van der Waals surface area contributed by atoms with Crippen LogP contribution < -0.4 is 10.4 Å². The van der Waals surface area contributed by atoms with Gasteiger partial charge in [0.2, 0.25) is 0 Å². The van der Waals surface area contributed by atoms with Crippen LogP contribution in [-0.4, -0.2) is 117 Å². The minimum absolute atomic E-state index is 0.143. The Bertz CT molecular complexity index is 1530. The summed E-state index contributed by atoms with van der Waals surface area (Å²) in [5.74, 6) is 0. The van der Waals surface area contributed by atoms with Crippen LogP contribution in [0.2, 0.25) is 5.04 Å². The molecule has 0 aromatic heterocycles. The molecule has 0 unspecified atom stereocenters. The topological polar surface area (TPSA) is 152 Å². The van der Waals surface area contributed by atoms with Crippen LogP contribution in [0, 0.1) is 0 Å². The summed E-state index contributed by atoms with van der Waals surface area (Å²) in [5.41, 5.74) is -1.19. The number of nitrogens with zero attached hydrogens (tertiary/aromatic N) is 2. The maximum absolute atomic E-state index is 13.2. The molecule has 2 aromatic carbocycles. The maximum Gasteiger partial charge on any atom is 0.410 e. The van der Waals surface area contributed by atoms with Crippen molar-refractivity contribution < 1.29 is 46.3 Å². The molecular weight excluding hydrogens is 717 g/mol. The van der Waals surface area contributed by atoms with Crippen LogP contribution in [0.25, 0.3) is 0 Å². The molecule has 0 aliphatic carbocycles. The van der Waals surface area contributed by atoms with Crippen LogP contribution in [0.4, 0.5) is 9.59 Å². The summed E-state index contributed by atoms with van der Waals surface area (Å²) in [5, 5.41) is 20.7. The first-order valence-electron chi connectivity index (χ1n) is 18.4. The molecule has 4 rings (SSSR count). The van der Waals surface area contributed by atoms with Crippen LogP contribution in [0.15, 0.2) is 60.7 Å². The zero-order chi connectivity index (χ0) is 39.8. The van der Waals surface area contributed by atoms with Gasteiger partial charge in [-0.1, -0.05) is 81.4 Å². The third-order valence-electron chi connectivity index (χ3n) is 9.04. The average Bonchev–Trinajstić information content (AvgIpc) is 3.03. The van der Waals surface area contributed by atoms with Crippen molar-refractivity contribution in [3.8, 4) is 0 Å². The van der Waals surface area contributed by atoms with Gasteiger partial charge in [-0.25, -0.2) is 9.59 Å². The van der Waals surface area contributed by atoms with E-state index in [0.717, 1.165) is 16.6 Å². The van der Waals surface area contributed by atoms with Crippen LogP contribution in [0.5, 0.6) is 0 Å². The Labute approximate surface area is 318 Å². The number of piperidine rings is 2. The lowest BCUT2D eigenvalue weighted by Gasteiger charge is -2.46. The van der Waals surface area contributed by atoms with Crippen molar-refractivity contribution >= 4 is 41.0 Å². The molecule has 2 heterocycles. The fourth-order valence-electron chi connectivity index (χ4n) is 6.81. The third kappa shape index (κ3) is 13.1. The second kappa shape index (κ2) is 18.1. The molecule has 2 aliphatic heterocycles. The van der Waals surface area contributed by atoms with Gasteiger partial charge in [-0.15, -0.1) is 0 Å². The largest absolute Gasteiger partial charge is 0.444 e. The summed E-state index contributed by atoms with van der Waals surface area (Å²) < 4.78 is 47.1. The summed E-state index contributed by atoms with van der Waals surface area (Å²) in [4.78, 5) is 28.1. The van der Waals surface area contributed by atoms with E-state index in [9.17, 15) is 23.1 Å². The lowest BCUT2D eigenvalue weighted by Crippen LogP contribution is -2.67. The van der Waals surface area contributed by atoms with Crippen LogP contribution >= 0.6 is 0 Å². The standard InChI is InChI=1S/C28H41NO6SSi.C11H21NO4/c1-27(2,3)34-26(30)29-19-18-23(35-36(7,31)32)20-22(29)21-33-37(28(4,5)6,24-14-10-8-11-15-24)25-16-12-9-13-17-25;1-11(2,3)16-10(15)12-5-4-9(14)6-8(12)7-13/h8-17,22-23H,18-21H2,1-7H3;8-9,13-14H,4-7H2,1-3H3/t22-,23+;8-,9+/m00/s1. The predicted octanol–water partition coefficient (Wildman–Crippen LogP) is 5.05. The van der Waals surface area contributed by atoms with Crippen molar-refractivity contribution in [3.63, 3.8) is 0 Å². The molecule has 2 N–H and O–H groups in total. The number of hydrogen-bond acceptors (Lipinski definition) is 10. The summed E-state index contributed by atoms with van der Waals surface area (Å²) in [6, 6.07) is 19.8. The van der Waals surface area contributed by atoms with Crippen molar-refractivity contribution in [3.05, 3.63) is 60.7 Å². The third-order valence-corrected chi connectivity index (χ3v) is 14.7. The zero-order valence-corrected chi connectivity index (χ0v) is 35.0. The Kier molecular flexibility index (Phi) is 15.1. The van der Waals surface area contributed by atoms with E-state index in [2.05, 4.69) is 45.0 Å². The van der Waals surface area contributed by atoms with E-state index in [4.69, 9.17) is 23.2 Å². The van der Waals surface area contributed by atoms with Crippen LogP contribution in [0.3, 0.4) is 0 Å². The second-order valence-corrected chi connectivity index (χ2v) is 22.8. The highest BCUT2D eigenvalue weighted by Crippen LogP contribution is 2.37. The lowest BCUT2D eigenvalue weighted by molar-refractivity contribution is -0.0186. The van der Waals surface area contributed by atoms with Crippen molar-refractivity contribution in [1.29, 1.82) is 0 Å². The molecule has 0 spiro atoms. The Morgan fingerprint density at radius 1 is 0.755 bits per heavy atom. The van der Waals surface area contributed by atoms with E-state index >= 15 is 0 Å². The number of aliphatic hydroxyl groups excluding tert-OH is 2. The van der Waals surface area contributed by atoms with Crippen molar-refractivity contribution in [2.24, 2.45) is 0 Å². The predicted molar refractivity (Wildman–Crippen MR) is 208 cm³/mol. The molecule has 0 radical (unpaired) electrons. The molecule has 2 fully saturated rings. The molecule has 53 heavy (non-hydrogen) atoms. The first kappa shape index (κ1) is 44.4. The first-order chi connectivity index (χ1) is 24.5. The molecule has 4 atom stereocenters. The number of likely N-dealkylation sites (tertiary alicyclic amines) is 2. The molecule has 12 nitrogen and oxygen atoms in total. The van der Waals surface area contributed by atoms with Gasteiger partial charge < -0.3 is 33.9 Å². The number of carbonyl (C=O) groups excluding carboxylic acids is 2. The molecule has 2 aromatic rings. The number of rotatable bonds is 8. The van der Waals surface area contributed by atoms with Gasteiger partial charge in [-0.05, 0) is 82.6 Å². The van der Waals surface area contributed by atoms with E-state index in [0.29, 0.717) is 38.8 Å². The number of hydrogen-bond donors (Lipinski definition) is 2. The summed E-state index contributed by atoms with van der Waals surface area (Å²) in [7, 11) is -6.48. The molecule has 0 bridgehead atoms. The normalized spacial score (nSPS) is 21.7. The quantitative estimate of drug-likeness (QED) is 0.275. The van der Waals surface area contributed by atoms with Crippen molar-refractivity contribution in [2.45, 2.75) is 129 Å². The van der Waals surface area contributed by atoms with Crippen LogP contribution in [0.1, 0.15) is 88.0 Å². The Morgan fingerprint density at radius 2 is 1.21 bits per heavy atom. The highest BCUT2D eigenvalue weighted by atomic mass is 32.2. The van der Waals surface area contributed by atoms with Crippen molar-refractivity contribution in [2.75, 3.05) is 32.6 Å². The summed E-state index contributed by atoms with van der Waals surface area (Å²) >= 11 is 0. The Morgan fingerprint density at radius 3 is 1.62 bits per heavy atom. The van der Waals surface area contributed by atoms with Gasteiger partial charge in [0.05, 0.1) is 43.8 Å². The fourth-order valence-corrected chi connectivity index (χ4v) is 12.1. The zero-order valence-electron chi connectivity index (χ0n) is 33.2. The number of carbonyl (C=O) groups is 2. The van der Waals surface area contributed by atoms with E-state index in [1.165, 1.54) is 4.90 Å². The number of aliphatic hydroxyl groups is 2. The SMILES string of the molecule is CC(C)(C)OC(=O)N1CC[C@@H](O)C[C@H]1CO.CC(C)(C)OC(=O)N1CC[C@@H](OS(C)(=O)=O)C[C@H]1CO[Si](c1ccccc1)(c1ccccc1)C(C)(C)C. The minimum atomic E-state index is -3.63. The molecule has 2 aliphatic rings. The van der Waals surface area contributed by atoms with Gasteiger partial charge in [0, 0.05) is 13.1 Å². The highest BCUT2D eigenvalue weighted by Gasteiger charge is 2.51.